The van der Waals surface area contributed by atoms with Crippen LogP contribution in [-0.2, 0) is 7.05 Å². The predicted molar refractivity (Wildman–Crippen MR) is 95.4 cm³/mol. The number of rotatable bonds is 5. The second-order valence-corrected chi connectivity index (χ2v) is 7.92. The van der Waals surface area contributed by atoms with E-state index < -0.39 is 6.10 Å². The lowest BCUT2D eigenvalue weighted by molar-refractivity contribution is -0.873. The number of likely N-dealkylation sites (N-methyl/N-ethyl adjacent to an activating group) is 1. The van der Waals surface area contributed by atoms with Gasteiger partial charge in [-0.05, 0) is 12.1 Å². The number of aryl methyl sites for hydroxylation is 1. The summed E-state index contributed by atoms with van der Waals surface area (Å²) in [6.45, 7) is 0.656. The molecule has 25 heavy (non-hydrogen) atoms. The third kappa shape index (κ3) is 3.98. The Morgan fingerprint density at radius 3 is 2.60 bits per heavy atom. The van der Waals surface area contributed by atoms with E-state index in [1.807, 2.05) is 43.7 Å². The standard InChI is InChI=1S/C16H22N5O2S.ClH/c1-19-14(23)12-7-5-6-8-13(12)20-15(19)17-18-16(20)24-10-11(22)9-21(2,3)4;/h5-8,11,22H,9-10H2,1-4H3;1H/q+1;/p-1/t11-;/m1./s1. The highest BCUT2D eigenvalue weighted by Gasteiger charge is 2.19. The number of hydrogen-bond acceptors (Lipinski definition) is 5. The topological polar surface area (TPSA) is 72.4 Å². The molecule has 1 aromatic carbocycles. The minimum atomic E-state index is -0.443. The van der Waals surface area contributed by atoms with E-state index in [9.17, 15) is 9.90 Å². The van der Waals surface area contributed by atoms with Gasteiger partial charge in [0.1, 0.15) is 12.6 Å². The normalized spacial score (nSPS) is 13.2. The van der Waals surface area contributed by atoms with Gasteiger partial charge in [-0.15, -0.1) is 10.2 Å². The first-order valence-corrected chi connectivity index (χ1v) is 8.70. The maximum absolute atomic E-state index is 12.4. The summed E-state index contributed by atoms with van der Waals surface area (Å²) in [6.07, 6.45) is -0.443. The molecule has 1 atom stereocenters. The van der Waals surface area contributed by atoms with Gasteiger partial charge in [-0.1, -0.05) is 23.9 Å². The van der Waals surface area contributed by atoms with Gasteiger partial charge in [0.2, 0.25) is 5.78 Å². The molecule has 3 aromatic rings. The summed E-state index contributed by atoms with van der Waals surface area (Å²) in [4.78, 5) is 12.4. The summed E-state index contributed by atoms with van der Waals surface area (Å²) in [7, 11) is 7.83. The number of benzene rings is 1. The second kappa shape index (κ2) is 7.33. The molecule has 0 amide bonds. The Balaban J connectivity index is 0.00000225. The van der Waals surface area contributed by atoms with E-state index in [0.29, 0.717) is 33.1 Å². The Labute approximate surface area is 156 Å². The Bertz CT molecular complexity index is 947. The van der Waals surface area contributed by atoms with E-state index in [0.717, 1.165) is 5.52 Å². The molecule has 0 unspecified atom stereocenters. The van der Waals surface area contributed by atoms with Crippen LogP contribution in [0.4, 0.5) is 0 Å². The molecule has 136 valence electrons. The monoisotopic (exact) mass is 383 g/mol. The van der Waals surface area contributed by atoms with Crippen molar-refractivity contribution in [2.75, 3.05) is 33.4 Å². The van der Waals surface area contributed by atoms with Crippen LogP contribution in [0.1, 0.15) is 0 Å². The molecule has 0 fully saturated rings. The molecule has 0 radical (unpaired) electrons. The van der Waals surface area contributed by atoms with Crippen LogP contribution >= 0.6 is 11.8 Å². The van der Waals surface area contributed by atoms with Gasteiger partial charge in [-0.25, -0.2) is 0 Å². The molecule has 0 aliphatic carbocycles. The molecule has 0 aliphatic rings. The zero-order valence-corrected chi connectivity index (χ0v) is 16.3. The highest BCUT2D eigenvalue weighted by molar-refractivity contribution is 7.99. The molecule has 0 aliphatic heterocycles. The van der Waals surface area contributed by atoms with E-state index >= 15 is 0 Å². The molecule has 0 spiro atoms. The Hall–Kier alpha value is -1.61. The fraction of sp³-hybridized carbons (Fsp3) is 0.438. The van der Waals surface area contributed by atoms with Gasteiger partial charge in [-0.2, -0.15) is 0 Å². The van der Waals surface area contributed by atoms with Gasteiger partial charge in [0.25, 0.3) is 5.56 Å². The van der Waals surface area contributed by atoms with Gasteiger partial charge in [0.15, 0.2) is 5.16 Å². The van der Waals surface area contributed by atoms with Crippen LogP contribution in [-0.4, -0.2) is 68.3 Å². The van der Waals surface area contributed by atoms with Gasteiger partial charge >= 0.3 is 0 Å². The number of aromatic nitrogens is 4. The predicted octanol–water partition coefficient (Wildman–Crippen LogP) is -2.26. The highest BCUT2D eigenvalue weighted by atomic mass is 35.5. The molecule has 2 aromatic heterocycles. The quantitative estimate of drug-likeness (QED) is 0.398. The van der Waals surface area contributed by atoms with Crippen molar-refractivity contribution in [3.05, 3.63) is 34.6 Å². The molecule has 0 saturated heterocycles. The number of para-hydroxylation sites is 1. The maximum atomic E-state index is 12.4. The molecule has 9 heteroatoms. The van der Waals surface area contributed by atoms with Crippen LogP contribution < -0.4 is 18.0 Å². The lowest BCUT2D eigenvalue weighted by atomic mass is 10.2. The molecular formula is C16H22ClN5O2S. The SMILES string of the molecule is Cn1c(=O)c2ccccc2n2c(SC[C@H](O)C[N+](C)(C)C)nnc12.[Cl-]. The number of nitrogens with zero attached hydrogens (tertiary/aromatic N) is 5. The number of quaternary nitrogens is 1. The van der Waals surface area contributed by atoms with Crippen molar-refractivity contribution in [2.24, 2.45) is 7.05 Å². The Morgan fingerprint density at radius 2 is 1.92 bits per heavy atom. The van der Waals surface area contributed by atoms with Crippen molar-refractivity contribution in [2.45, 2.75) is 11.3 Å². The smallest absolute Gasteiger partial charge is 0.262 e. The van der Waals surface area contributed by atoms with Gasteiger partial charge in [0.05, 0.1) is 32.0 Å². The summed E-state index contributed by atoms with van der Waals surface area (Å²) >= 11 is 1.45. The van der Waals surface area contributed by atoms with Crippen molar-refractivity contribution in [1.29, 1.82) is 0 Å². The van der Waals surface area contributed by atoms with Crippen LogP contribution in [0.3, 0.4) is 0 Å². The number of halogens is 1. The van der Waals surface area contributed by atoms with Gasteiger partial charge in [-0.3, -0.25) is 13.8 Å². The van der Waals surface area contributed by atoms with Crippen LogP contribution in [0.15, 0.2) is 34.2 Å². The average molecular weight is 384 g/mol. The zero-order chi connectivity index (χ0) is 17.5. The van der Waals surface area contributed by atoms with Crippen LogP contribution in [0.25, 0.3) is 16.7 Å². The lowest BCUT2D eigenvalue weighted by Gasteiger charge is -2.26. The zero-order valence-electron chi connectivity index (χ0n) is 14.7. The number of fused-ring (bicyclic) bond motifs is 3. The fourth-order valence-electron chi connectivity index (χ4n) is 2.76. The van der Waals surface area contributed by atoms with Crippen molar-refractivity contribution in [3.63, 3.8) is 0 Å². The van der Waals surface area contributed by atoms with Crippen molar-refractivity contribution < 1.29 is 22.0 Å². The van der Waals surface area contributed by atoms with Crippen molar-refractivity contribution in [3.8, 4) is 0 Å². The van der Waals surface area contributed by atoms with Crippen molar-refractivity contribution in [1.82, 2.24) is 19.2 Å². The minimum absolute atomic E-state index is 0. The first kappa shape index (κ1) is 19.7. The van der Waals surface area contributed by atoms with Gasteiger partial charge in [0, 0.05) is 12.8 Å². The number of hydrogen-bond donors (Lipinski definition) is 1. The van der Waals surface area contributed by atoms with Crippen molar-refractivity contribution >= 4 is 28.4 Å². The third-order valence-corrected chi connectivity index (χ3v) is 4.83. The van der Waals surface area contributed by atoms with E-state index in [4.69, 9.17) is 0 Å². The largest absolute Gasteiger partial charge is 1.00 e. The van der Waals surface area contributed by atoms with E-state index in [2.05, 4.69) is 10.2 Å². The summed E-state index contributed by atoms with van der Waals surface area (Å²) in [5, 5.41) is 19.9. The van der Waals surface area contributed by atoms with Crippen LogP contribution in [0.2, 0.25) is 0 Å². The van der Waals surface area contributed by atoms with E-state index in [1.54, 1.807) is 13.1 Å². The molecule has 0 saturated carbocycles. The second-order valence-electron chi connectivity index (χ2n) is 6.94. The molecule has 7 nitrogen and oxygen atoms in total. The Morgan fingerprint density at radius 1 is 1.24 bits per heavy atom. The lowest BCUT2D eigenvalue weighted by Crippen LogP contribution is -3.00. The van der Waals surface area contributed by atoms with Gasteiger partial charge < -0.3 is 22.0 Å². The number of aliphatic hydroxyl groups is 1. The summed E-state index contributed by atoms with van der Waals surface area (Å²) in [6, 6.07) is 7.43. The molecule has 2 heterocycles. The van der Waals surface area contributed by atoms with E-state index in [1.165, 1.54) is 16.3 Å². The first-order valence-electron chi connectivity index (χ1n) is 7.72. The average Bonchev–Trinajstić information content (AvgIpc) is 2.93. The molecular weight excluding hydrogens is 362 g/mol. The fourth-order valence-corrected chi connectivity index (χ4v) is 3.61. The molecule has 3 rings (SSSR count). The first-order chi connectivity index (χ1) is 11.3. The Kier molecular flexibility index (Phi) is 5.78. The van der Waals surface area contributed by atoms with Crippen LogP contribution in [0.5, 0.6) is 0 Å². The van der Waals surface area contributed by atoms with Crippen LogP contribution in [0, 0.1) is 0 Å². The minimum Gasteiger partial charge on any atom is -1.00 e. The summed E-state index contributed by atoms with van der Waals surface area (Å²) in [5.74, 6) is 1.02. The molecule has 0 bridgehead atoms. The molecule has 1 N–H and O–H groups in total. The highest BCUT2D eigenvalue weighted by Crippen LogP contribution is 2.22. The number of aliphatic hydroxyl groups excluding tert-OH is 1. The summed E-state index contributed by atoms with van der Waals surface area (Å²) in [5.41, 5.74) is 0.691. The maximum Gasteiger partial charge on any atom is 0.262 e. The van der Waals surface area contributed by atoms with E-state index in [-0.39, 0.29) is 18.0 Å². The third-order valence-electron chi connectivity index (χ3n) is 3.76. The summed E-state index contributed by atoms with van der Waals surface area (Å²) < 4.78 is 4.07. The number of thioether (sulfide) groups is 1.